The van der Waals surface area contributed by atoms with Gasteiger partial charge in [0.25, 0.3) is 5.91 Å². The molecule has 2 aromatic rings. The average Bonchev–Trinajstić information content (AvgIpc) is 2.49. The normalized spacial score (nSPS) is 11.6. The minimum absolute atomic E-state index is 0.375. The standard InChI is InChI=1S/C16H13BrClNO3/c1-10(15(20)19-14-7-5-13(18)6-8-14)22-16(21)11-3-2-4-12(17)9-11/h2-10H,1H3,(H,19,20)/t10-/m1/s1. The number of amides is 1. The number of hydrogen-bond acceptors (Lipinski definition) is 3. The molecular weight excluding hydrogens is 370 g/mol. The van der Waals surface area contributed by atoms with Crippen LogP contribution in [0.2, 0.25) is 5.02 Å². The molecule has 114 valence electrons. The number of halogens is 2. The van der Waals surface area contributed by atoms with Crippen LogP contribution in [0.15, 0.2) is 53.0 Å². The summed E-state index contributed by atoms with van der Waals surface area (Å²) >= 11 is 9.05. The second-order valence-corrected chi connectivity index (χ2v) is 5.91. The quantitative estimate of drug-likeness (QED) is 0.803. The molecule has 0 radical (unpaired) electrons. The highest BCUT2D eigenvalue weighted by Crippen LogP contribution is 2.15. The molecule has 0 aliphatic carbocycles. The van der Waals surface area contributed by atoms with Gasteiger partial charge in [-0.15, -0.1) is 0 Å². The fourth-order valence-corrected chi connectivity index (χ4v) is 2.20. The Bertz CT molecular complexity index is 688. The van der Waals surface area contributed by atoms with Crippen molar-refractivity contribution in [2.45, 2.75) is 13.0 Å². The number of anilines is 1. The molecule has 0 saturated heterocycles. The summed E-state index contributed by atoms with van der Waals surface area (Å²) in [5, 5.41) is 3.23. The van der Waals surface area contributed by atoms with E-state index in [0.717, 1.165) is 4.47 Å². The van der Waals surface area contributed by atoms with Gasteiger partial charge in [0.05, 0.1) is 5.56 Å². The van der Waals surface area contributed by atoms with Crippen LogP contribution in [0.4, 0.5) is 5.69 Å². The molecule has 1 atom stereocenters. The van der Waals surface area contributed by atoms with E-state index in [-0.39, 0.29) is 0 Å². The van der Waals surface area contributed by atoms with Gasteiger partial charge in [0, 0.05) is 15.2 Å². The summed E-state index contributed by atoms with van der Waals surface area (Å²) in [5.74, 6) is -0.967. The largest absolute Gasteiger partial charge is 0.449 e. The van der Waals surface area contributed by atoms with E-state index < -0.39 is 18.0 Å². The van der Waals surface area contributed by atoms with E-state index in [9.17, 15) is 9.59 Å². The molecule has 1 amide bonds. The number of rotatable bonds is 4. The van der Waals surface area contributed by atoms with Crippen LogP contribution in [0.25, 0.3) is 0 Å². The highest BCUT2D eigenvalue weighted by Gasteiger charge is 2.19. The minimum atomic E-state index is -0.915. The van der Waals surface area contributed by atoms with E-state index in [4.69, 9.17) is 16.3 Å². The van der Waals surface area contributed by atoms with Crippen LogP contribution in [-0.2, 0) is 9.53 Å². The summed E-state index contributed by atoms with van der Waals surface area (Å²) in [5.41, 5.74) is 0.959. The number of nitrogens with one attached hydrogen (secondary N) is 1. The molecule has 0 aliphatic heterocycles. The number of esters is 1. The highest BCUT2D eigenvalue weighted by molar-refractivity contribution is 9.10. The fraction of sp³-hybridized carbons (Fsp3) is 0.125. The number of ether oxygens (including phenoxy) is 1. The fourth-order valence-electron chi connectivity index (χ4n) is 1.67. The van der Waals surface area contributed by atoms with E-state index >= 15 is 0 Å². The molecule has 6 heteroatoms. The van der Waals surface area contributed by atoms with Crippen molar-refractivity contribution in [3.05, 3.63) is 63.6 Å². The minimum Gasteiger partial charge on any atom is -0.449 e. The van der Waals surface area contributed by atoms with Crippen LogP contribution in [0.1, 0.15) is 17.3 Å². The summed E-state index contributed by atoms with van der Waals surface area (Å²) < 4.78 is 5.92. The summed E-state index contributed by atoms with van der Waals surface area (Å²) in [6.07, 6.45) is -0.915. The molecule has 0 aromatic heterocycles. The van der Waals surface area contributed by atoms with Crippen molar-refractivity contribution >= 4 is 45.1 Å². The lowest BCUT2D eigenvalue weighted by Crippen LogP contribution is -2.30. The van der Waals surface area contributed by atoms with Crippen LogP contribution in [0.3, 0.4) is 0 Å². The third kappa shape index (κ3) is 4.58. The monoisotopic (exact) mass is 381 g/mol. The Hall–Kier alpha value is -1.85. The predicted molar refractivity (Wildman–Crippen MR) is 89.1 cm³/mol. The van der Waals surface area contributed by atoms with Gasteiger partial charge in [-0.05, 0) is 49.4 Å². The maximum absolute atomic E-state index is 12.0. The average molecular weight is 383 g/mol. The summed E-state index contributed by atoms with van der Waals surface area (Å²) in [6.45, 7) is 1.52. The SMILES string of the molecule is C[C@@H](OC(=O)c1cccc(Br)c1)C(=O)Nc1ccc(Cl)cc1. The van der Waals surface area contributed by atoms with Crippen molar-refractivity contribution in [1.82, 2.24) is 0 Å². The van der Waals surface area contributed by atoms with Crippen molar-refractivity contribution in [2.24, 2.45) is 0 Å². The number of carbonyl (C=O) groups excluding carboxylic acids is 2. The molecule has 2 aromatic carbocycles. The van der Waals surface area contributed by atoms with Gasteiger partial charge in [-0.2, -0.15) is 0 Å². The Morgan fingerprint density at radius 2 is 1.86 bits per heavy atom. The van der Waals surface area contributed by atoms with Crippen LogP contribution in [0, 0.1) is 0 Å². The van der Waals surface area contributed by atoms with E-state index in [1.54, 1.807) is 48.5 Å². The molecule has 0 heterocycles. The predicted octanol–water partition coefficient (Wildman–Crippen LogP) is 4.29. The van der Waals surface area contributed by atoms with Crippen LogP contribution >= 0.6 is 27.5 Å². The van der Waals surface area contributed by atoms with E-state index in [1.807, 2.05) is 0 Å². The van der Waals surface area contributed by atoms with Crippen molar-refractivity contribution in [3.8, 4) is 0 Å². The van der Waals surface area contributed by atoms with Crippen molar-refractivity contribution in [3.63, 3.8) is 0 Å². The maximum atomic E-state index is 12.0. The van der Waals surface area contributed by atoms with Gasteiger partial charge in [-0.3, -0.25) is 4.79 Å². The molecule has 0 saturated carbocycles. The van der Waals surface area contributed by atoms with Gasteiger partial charge < -0.3 is 10.1 Å². The zero-order chi connectivity index (χ0) is 16.1. The first kappa shape index (κ1) is 16.5. The van der Waals surface area contributed by atoms with Gasteiger partial charge in [-0.1, -0.05) is 33.6 Å². The molecule has 0 spiro atoms. The second kappa shape index (κ2) is 7.42. The van der Waals surface area contributed by atoms with Crippen LogP contribution in [-0.4, -0.2) is 18.0 Å². The lowest BCUT2D eigenvalue weighted by molar-refractivity contribution is -0.123. The first-order valence-electron chi connectivity index (χ1n) is 6.48. The first-order chi connectivity index (χ1) is 10.5. The Kier molecular flexibility index (Phi) is 5.57. The molecule has 0 aliphatic rings. The van der Waals surface area contributed by atoms with Crippen molar-refractivity contribution < 1.29 is 14.3 Å². The maximum Gasteiger partial charge on any atom is 0.338 e. The van der Waals surface area contributed by atoms with Crippen molar-refractivity contribution in [2.75, 3.05) is 5.32 Å². The summed E-state index contributed by atoms with van der Waals surface area (Å²) in [6, 6.07) is 13.4. The summed E-state index contributed by atoms with van der Waals surface area (Å²) in [4.78, 5) is 24.0. The van der Waals surface area contributed by atoms with Crippen LogP contribution < -0.4 is 5.32 Å². The highest BCUT2D eigenvalue weighted by atomic mass is 79.9. The Labute approximate surface area is 141 Å². The van der Waals surface area contributed by atoms with Gasteiger partial charge in [0.1, 0.15) is 0 Å². The lowest BCUT2D eigenvalue weighted by Gasteiger charge is -2.13. The third-order valence-electron chi connectivity index (χ3n) is 2.83. The van der Waals surface area contributed by atoms with Crippen molar-refractivity contribution in [1.29, 1.82) is 0 Å². The Morgan fingerprint density at radius 3 is 2.50 bits per heavy atom. The number of carbonyl (C=O) groups is 2. The third-order valence-corrected chi connectivity index (χ3v) is 3.57. The van der Waals surface area contributed by atoms with E-state index in [2.05, 4.69) is 21.2 Å². The van der Waals surface area contributed by atoms with Gasteiger partial charge in [0.2, 0.25) is 0 Å². The van der Waals surface area contributed by atoms with Gasteiger partial charge in [-0.25, -0.2) is 4.79 Å². The summed E-state index contributed by atoms with van der Waals surface area (Å²) in [7, 11) is 0. The molecule has 0 bridgehead atoms. The zero-order valence-electron chi connectivity index (χ0n) is 11.7. The molecule has 1 N–H and O–H groups in total. The molecular formula is C16H13BrClNO3. The first-order valence-corrected chi connectivity index (χ1v) is 7.66. The van der Waals surface area contributed by atoms with E-state index in [1.165, 1.54) is 6.92 Å². The zero-order valence-corrected chi connectivity index (χ0v) is 14.0. The van der Waals surface area contributed by atoms with Gasteiger partial charge >= 0.3 is 5.97 Å². The van der Waals surface area contributed by atoms with E-state index in [0.29, 0.717) is 16.3 Å². The molecule has 22 heavy (non-hydrogen) atoms. The molecule has 2 rings (SSSR count). The van der Waals surface area contributed by atoms with Gasteiger partial charge in [0.15, 0.2) is 6.10 Å². The lowest BCUT2D eigenvalue weighted by atomic mass is 10.2. The smallest absolute Gasteiger partial charge is 0.338 e. The second-order valence-electron chi connectivity index (χ2n) is 4.55. The molecule has 0 fully saturated rings. The Balaban J connectivity index is 1.96. The number of benzene rings is 2. The number of hydrogen-bond donors (Lipinski definition) is 1. The molecule has 0 unspecified atom stereocenters. The molecule has 4 nitrogen and oxygen atoms in total. The Morgan fingerprint density at radius 1 is 1.18 bits per heavy atom. The topological polar surface area (TPSA) is 55.4 Å². The van der Waals surface area contributed by atoms with Crippen LogP contribution in [0.5, 0.6) is 0 Å².